The largest absolute Gasteiger partial charge is 0.347 e. The van der Waals surface area contributed by atoms with E-state index in [1.54, 1.807) is 18.3 Å². The van der Waals surface area contributed by atoms with Crippen LogP contribution in [0.5, 0.6) is 0 Å². The minimum absolute atomic E-state index is 0.184. The highest BCUT2D eigenvalue weighted by Gasteiger charge is 2.31. The molecule has 6 nitrogen and oxygen atoms in total. The Hall–Kier alpha value is -2.19. The van der Waals surface area contributed by atoms with Crippen molar-refractivity contribution in [2.75, 3.05) is 0 Å². The summed E-state index contributed by atoms with van der Waals surface area (Å²) in [5, 5.41) is 11.4. The van der Waals surface area contributed by atoms with Crippen LogP contribution in [0.2, 0.25) is 0 Å². The molecule has 0 bridgehead atoms. The van der Waals surface area contributed by atoms with Crippen molar-refractivity contribution in [3.05, 3.63) is 49.2 Å². The maximum absolute atomic E-state index is 12.8. The van der Waals surface area contributed by atoms with Gasteiger partial charge in [0.1, 0.15) is 0 Å². The number of urea groups is 1. The molecule has 0 spiro atoms. The number of thiazole rings is 1. The van der Waals surface area contributed by atoms with Crippen LogP contribution in [-0.2, 0) is 17.8 Å². The molecule has 1 atom stereocenters. The van der Waals surface area contributed by atoms with Crippen LogP contribution in [0.1, 0.15) is 40.3 Å². The molecule has 0 saturated heterocycles. The van der Waals surface area contributed by atoms with Gasteiger partial charge in [-0.25, -0.2) is 9.78 Å². The fourth-order valence-corrected chi connectivity index (χ4v) is 4.60. The van der Waals surface area contributed by atoms with E-state index in [2.05, 4.69) is 27.9 Å². The van der Waals surface area contributed by atoms with Crippen LogP contribution < -0.4 is 16.0 Å². The fourth-order valence-electron chi connectivity index (χ4n) is 2.85. The molecular formula is C17H20N4O2S2. The average molecular weight is 377 g/mol. The van der Waals surface area contributed by atoms with Crippen molar-refractivity contribution < 1.29 is 9.59 Å². The molecule has 8 heteroatoms. The summed E-state index contributed by atoms with van der Waals surface area (Å²) in [5.41, 5.74) is 2.15. The van der Waals surface area contributed by atoms with Gasteiger partial charge in [0.2, 0.25) is 0 Å². The van der Waals surface area contributed by atoms with Gasteiger partial charge in [-0.3, -0.25) is 4.79 Å². The first kappa shape index (κ1) is 17.6. The zero-order chi connectivity index (χ0) is 18.0. The second-order valence-corrected chi connectivity index (χ2v) is 7.99. The van der Waals surface area contributed by atoms with Crippen LogP contribution in [0.25, 0.3) is 0 Å². The van der Waals surface area contributed by atoms with E-state index in [9.17, 15) is 9.59 Å². The Morgan fingerprint density at radius 1 is 1.40 bits per heavy atom. The molecule has 2 aromatic heterocycles. The number of rotatable bonds is 5. The standard InChI is InChI=1S/C17H20N4O2S2/c1-4-11-13(25-10(3)20-11)8-18-16(22)14-9(2)19-17(23)21-15(14)12-6-5-7-24-12/h5-7,15H,4,8H2,1-3H3,(H,18,22)(H2,19,21,23)/t15-/m0/s1. The summed E-state index contributed by atoms with van der Waals surface area (Å²) in [6, 6.07) is 3.11. The van der Waals surface area contributed by atoms with Gasteiger partial charge in [0.15, 0.2) is 0 Å². The fraction of sp³-hybridized carbons (Fsp3) is 0.353. The molecule has 0 saturated carbocycles. The summed E-state index contributed by atoms with van der Waals surface area (Å²) in [6.45, 7) is 6.22. The summed E-state index contributed by atoms with van der Waals surface area (Å²) in [4.78, 5) is 31.1. The SMILES string of the molecule is CCc1nc(C)sc1CNC(=O)C1=C(C)NC(=O)N[C@H]1c1cccs1. The van der Waals surface area contributed by atoms with Gasteiger partial charge in [-0.15, -0.1) is 22.7 Å². The topological polar surface area (TPSA) is 83.1 Å². The number of hydrogen-bond acceptors (Lipinski definition) is 5. The van der Waals surface area contributed by atoms with Gasteiger partial charge in [-0.2, -0.15) is 0 Å². The van der Waals surface area contributed by atoms with Crippen molar-refractivity contribution in [3.63, 3.8) is 0 Å². The molecule has 25 heavy (non-hydrogen) atoms. The van der Waals surface area contributed by atoms with Gasteiger partial charge >= 0.3 is 6.03 Å². The predicted molar refractivity (Wildman–Crippen MR) is 99.5 cm³/mol. The number of aryl methyl sites for hydroxylation is 2. The van der Waals surface area contributed by atoms with E-state index < -0.39 is 6.04 Å². The number of aromatic nitrogens is 1. The predicted octanol–water partition coefficient (Wildman–Crippen LogP) is 3.02. The molecule has 132 valence electrons. The molecule has 3 heterocycles. The van der Waals surface area contributed by atoms with E-state index in [4.69, 9.17) is 0 Å². The minimum atomic E-state index is -0.428. The Balaban J connectivity index is 1.81. The quantitative estimate of drug-likeness (QED) is 0.750. The molecular weight excluding hydrogens is 356 g/mol. The summed E-state index contributed by atoms with van der Waals surface area (Å²) >= 11 is 3.12. The van der Waals surface area contributed by atoms with Crippen LogP contribution >= 0.6 is 22.7 Å². The lowest BCUT2D eigenvalue weighted by atomic mass is 10.0. The third kappa shape index (κ3) is 3.74. The van der Waals surface area contributed by atoms with Crippen LogP contribution in [0.15, 0.2) is 28.8 Å². The van der Waals surface area contributed by atoms with Crippen molar-refractivity contribution in [3.8, 4) is 0 Å². The molecule has 0 aromatic carbocycles. The van der Waals surface area contributed by atoms with E-state index in [1.165, 1.54) is 11.3 Å². The van der Waals surface area contributed by atoms with E-state index in [0.29, 0.717) is 17.8 Å². The third-order valence-corrected chi connectivity index (χ3v) is 5.92. The number of nitrogens with zero attached hydrogens (tertiary/aromatic N) is 1. The molecule has 3 N–H and O–H groups in total. The number of nitrogens with one attached hydrogen (secondary N) is 3. The number of allylic oxidation sites excluding steroid dienone is 1. The lowest BCUT2D eigenvalue weighted by molar-refractivity contribution is -0.118. The summed E-state index contributed by atoms with van der Waals surface area (Å²) < 4.78 is 0. The van der Waals surface area contributed by atoms with Crippen molar-refractivity contribution in [2.24, 2.45) is 0 Å². The molecule has 1 aliphatic heterocycles. The van der Waals surface area contributed by atoms with Crippen molar-refractivity contribution in [1.82, 2.24) is 20.9 Å². The highest BCUT2D eigenvalue weighted by Crippen LogP contribution is 2.30. The van der Waals surface area contributed by atoms with Gasteiger partial charge in [-0.05, 0) is 31.7 Å². The van der Waals surface area contributed by atoms with Gasteiger partial charge in [0, 0.05) is 15.5 Å². The summed E-state index contributed by atoms with van der Waals surface area (Å²) in [6.07, 6.45) is 0.840. The second-order valence-electron chi connectivity index (χ2n) is 5.72. The smallest absolute Gasteiger partial charge is 0.319 e. The van der Waals surface area contributed by atoms with E-state index >= 15 is 0 Å². The first-order valence-electron chi connectivity index (χ1n) is 8.04. The molecule has 1 aliphatic rings. The first-order valence-corrected chi connectivity index (χ1v) is 9.74. The molecule has 0 radical (unpaired) electrons. The average Bonchev–Trinajstić information content (AvgIpc) is 3.21. The molecule has 3 rings (SSSR count). The number of carbonyl (C=O) groups is 2. The highest BCUT2D eigenvalue weighted by molar-refractivity contribution is 7.11. The summed E-state index contributed by atoms with van der Waals surface area (Å²) in [5.74, 6) is -0.184. The second kappa shape index (κ2) is 7.37. The Morgan fingerprint density at radius 2 is 2.20 bits per heavy atom. The maximum Gasteiger partial charge on any atom is 0.319 e. The molecule has 3 amide bonds. The van der Waals surface area contributed by atoms with E-state index in [0.717, 1.165) is 26.9 Å². The minimum Gasteiger partial charge on any atom is -0.347 e. The monoisotopic (exact) mass is 376 g/mol. The van der Waals surface area contributed by atoms with Gasteiger partial charge in [0.05, 0.1) is 28.9 Å². The van der Waals surface area contributed by atoms with Crippen LogP contribution in [-0.4, -0.2) is 16.9 Å². The third-order valence-electron chi connectivity index (χ3n) is 3.97. The zero-order valence-electron chi connectivity index (χ0n) is 14.3. The molecule has 2 aromatic rings. The number of hydrogen-bond donors (Lipinski definition) is 3. The zero-order valence-corrected chi connectivity index (χ0v) is 15.9. The number of carbonyl (C=O) groups excluding carboxylic acids is 2. The Labute approximate surface area is 154 Å². The normalized spacial score (nSPS) is 17.2. The Bertz CT molecular complexity index is 824. The molecule has 0 fully saturated rings. The van der Waals surface area contributed by atoms with Crippen LogP contribution in [0.4, 0.5) is 4.79 Å². The lowest BCUT2D eigenvalue weighted by Gasteiger charge is -2.27. The van der Waals surface area contributed by atoms with Crippen molar-refractivity contribution >= 4 is 34.6 Å². The van der Waals surface area contributed by atoms with Gasteiger partial charge in [-0.1, -0.05) is 13.0 Å². The Kier molecular flexibility index (Phi) is 5.19. The molecule has 0 unspecified atom stereocenters. The van der Waals surface area contributed by atoms with Crippen molar-refractivity contribution in [1.29, 1.82) is 0 Å². The van der Waals surface area contributed by atoms with Gasteiger partial charge in [0.25, 0.3) is 5.91 Å². The van der Waals surface area contributed by atoms with E-state index in [1.807, 2.05) is 24.4 Å². The van der Waals surface area contributed by atoms with Crippen LogP contribution in [0, 0.1) is 6.92 Å². The lowest BCUT2D eigenvalue weighted by Crippen LogP contribution is -2.46. The summed E-state index contributed by atoms with van der Waals surface area (Å²) in [7, 11) is 0. The first-order chi connectivity index (χ1) is 12.0. The maximum atomic E-state index is 12.8. The van der Waals surface area contributed by atoms with Crippen molar-refractivity contribution in [2.45, 2.75) is 39.8 Å². The van der Waals surface area contributed by atoms with E-state index in [-0.39, 0.29) is 11.9 Å². The van der Waals surface area contributed by atoms with Crippen LogP contribution in [0.3, 0.4) is 0 Å². The number of amides is 3. The highest BCUT2D eigenvalue weighted by atomic mass is 32.1. The number of thiophene rings is 1. The molecule has 0 aliphatic carbocycles. The van der Waals surface area contributed by atoms with Gasteiger partial charge < -0.3 is 16.0 Å². The Morgan fingerprint density at radius 3 is 2.88 bits per heavy atom.